The van der Waals surface area contributed by atoms with Crippen molar-refractivity contribution in [1.82, 2.24) is 5.01 Å². The second-order valence-electron chi connectivity index (χ2n) is 4.31. The molecule has 17 heavy (non-hydrogen) atoms. The molecule has 0 radical (unpaired) electrons. The molecule has 0 spiro atoms. The van der Waals surface area contributed by atoms with E-state index in [0.29, 0.717) is 5.75 Å². The summed E-state index contributed by atoms with van der Waals surface area (Å²) < 4.78 is 5.26. The first-order valence-electron chi connectivity index (χ1n) is 5.83. The number of aromatic hydroxyl groups is 1. The zero-order valence-corrected chi connectivity index (χ0v) is 10.3. The van der Waals surface area contributed by atoms with Crippen LogP contribution < -0.4 is 0 Å². The van der Waals surface area contributed by atoms with E-state index in [-0.39, 0.29) is 0 Å². The van der Waals surface area contributed by atoms with Gasteiger partial charge in [-0.2, -0.15) is 5.10 Å². The van der Waals surface area contributed by atoms with Crippen molar-refractivity contribution in [3.8, 4) is 5.75 Å². The summed E-state index contributed by atoms with van der Waals surface area (Å²) in [4.78, 5) is 0. The van der Waals surface area contributed by atoms with Crippen molar-refractivity contribution in [2.45, 2.75) is 13.8 Å². The number of rotatable bonds is 2. The average Bonchev–Trinajstić information content (AvgIpc) is 2.34. The predicted molar refractivity (Wildman–Crippen MR) is 67.6 cm³/mol. The second kappa shape index (κ2) is 5.19. The molecular formula is C13H18N2O2. The molecule has 4 nitrogen and oxygen atoms in total. The van der Waals surface area contributed by atoms with Crippen LogP contribution in [0.2, 0.25) is 0 Å². The molecule has 1 aliphatic rings. The monoisotopic (exact) mass is 234 g/mol. The van der Waals surface area contributed by atoms with E-state index in [1.54, 1.807) is 0 Å². The maximum Gasteiger partial charge on any atom is 0.121 e. The Morgan fingerprint density at radius 1 is 1.24 bits per heavy atom. The number of hydrogen-bond donors (Lipinski definition) is 1. The number of nitrogens with zero attached hydrogens (tertiary/aromatic N) is 2. The Kier molecular flexibility index (Phi) is 3.64. The number of phenolic OH excluding ortho intramolecular Hbond substituents is 1. The van der Waals surface area contributed by atoms with Gasteiger partial charge in [-0.3, -0.25) is 5.01 Å². The Bertz CT molecular complexity index is 400. The first-order valence-corrected chi connectivity index (χ1v) is 5.83. The van der Waals surface area contributed by atoms with Crippen LogP contribution >= 0.6 is 0 Å². The molecule has 0 atom stereocenters. The largest absolute Gasteiger partial charge is 0.507 e. The van der Waals surface area contributed by atoms with E-state index in [2.05, 4.69) is 5.10 Å². The second-order valence-corrected chi connectivity index (χ2v) is 4.31. The van der Waals surface area contributed by atoms with Crippen molar-refractivity contribution in [2.75, 3.05) is 26.3 Å². The molecule has 4 heteroatoms. The maximum absolute atomic E-state index is 9.68. The van der Waals surface area contributed by atoms with Crippen LogP contribution in [0.15, 0.2) is 17.2 Å². The minimum atomic E-state index is 0.369. The minimum absolute atomic E-state index is 0.369. The number of hydrogen-bond acceptors (Lipinski definition) is 4. The van der Waals surface area contributed by atoms with Crippen LogP contribution in [0, 0.1) is 13.8 Å². The zero-order chi connectivity index (χ0) is 12.3. The molecule has 92 valence electrons. The Morgan fingerprint density at radius 3 is 2.41 bits per heavy atom. The summed E-state index contributed by atoms with van der Waals surface area (Å²) in [6, 6.07) is 3.87. The van der Waals surface area contributed by atoms with E-state index in [1.165, 1.54) is 0 Å². The number of ether oxygens (including phenoxy) is 1. The Hall–Kier alpha value is -1.55. The number of aryl methyl sites for hydroxylation is 2. The number of phenols is 1. The third-order valence-electron chi connectivity index (χ3n) is 2.87. The van der Waals surface area contributed by atoms with E-state index in [4.69, 9.17) is 4.74 Å². The maximum atomic E-state index is 9.68. The van der Waals surface area contributed by atoms with Crippen molar-refractivity contribution in [3.63, 3.8) is 0 Å². The van der Waals surface area contributed by atoms with Crippen molar-refractivity contribution in [3.05, 3.63) is 28.8 Å². The fourth-order valence-electron chi connectivity index (χ4n) is 1.88. The summed E-state index contributed by atoms with van der Waals surface area (Å²) in [6.45, 7) is 6.96. The van der Waals surface area contributed by atoms with Crippen molar-refractivity contribution in [1.29, 1.82) is 0 Å². The van der Waals surface area contributed by atoms with Gasteiger partial charge < -0.3 is 9.84 Å². The summed E-state index contributed by atoms with van der Waals surface area (Å²) in [5.74, 6) is 0.369. The highest BCUT2D eigenvalue weighted by Crippen LogP contribution is 2.22. The van der Waals surface area contributed by atoms with Gasteiger partial charge in [-0.25, -0.2) is 0 Å². The Labute approximate surface area is 102 Å². The van der Waals surface area contributed by atoms with Gasteiger partial charge in [0.2, 0.25) is 0 Å². The molecule has 0 saturated carbocycles. The lowest BCUT2D eigenvalue weighted by Gasteiger charge is -2.23. The van der Waals surface area contributed by atoms with Crippen LogP contribution in [0.1, 0.15) is 16.7 Å². The Morgan fingerprint density at radius 2 is 1.82 bits per heavy atom. The molecule has 1 fully saturated rings. The standard InChI is InChI=1S/C13H18N2O2/c1-10-7-12(8-11(2)13(10)16)9-14-15-3-5-17-6-4-15/h7-9,16H,3-6H2,1-2H3. The summed E-state index contributed by atoms with van der Waals surface area (Å²) in [5, 5.41) is 16.1. The zero-order valence-electron chi connectivity index (χ0n) is 10.3. The number of morpholine rings is 1. The van der Waals surface area contributed by atoms with Crippen LogP contribution in [0.4, 0.5) is 0 Å². The van der Waals surface area contributed by atoms with Gasteiger partial charge in [0.1, 0.15) is 5.75 Å². The molecule has 0 amide bonds. The van der Waals surface area contributed by atoms with Crippen LogP contribution in [-0.2, 0) is 4.74 Å². The van der Waals surface area contributed by atoms with Crippen molar-refractivity contribution in [2.24, 2.45) is 5.10 Å². The highest BCUT2D eigenvalue weighted by molar-refractivity contribution is 5.80. The first kappa shape index (κ1) is 11.9. The van der Waals surface area contributed by atoms with Gasteiger partial charge in [0.15, 0.2) is 0 Å². The van der Waals surface area contributed by atoms with E-state index >= 15 is 0 Å². The summed E-state index contributed by atoms with van der Waals surface area (Å²) >= 11 is 0. The van der Waals surface area contributed by atoms with Crippen LogP contribution in [-0.4, -0.2) is 42.6 Å². The van der Waals surface area contributed by atoms with E-state index in [0.717, 1.165) is 43.0 Å². The lowest BCUT2D eigenvalue weighted by molar-refractivity contribution is 0.0397. The van der Waals surface area contributed by atoms with Gasteiger partial charge in [-0.15, -0.1) is 0 Å². The predicted octanol–water partition coefficient (Wildman–Crippen LogP) is 1.68. The molecule has 0 bridgehead atoms. The fourth-order valence-corrected chi connectivity index (χ4v) is 1.88. The van der Waals surface area contributed by atoms with Gasteiger partial charge in [0.25, 0.3) is 0 Å². The summed E-state index contributed by atoms with van der Waals surface area (Å²) in [6.07, 6.45) is 1.84. The van der Waals surface area contributed by atoms with Crippen LogP contribution in [0.25, 0.3) is 0 Å². The number of benzene rings is 1. The summed E-state index contributed by atoms with van der Waals surface area (Å²) in [7, 11) is 0. The quantitative estimate of drug-likeness (QED) is 0.792. The molecule has 0 unspecified atom stereocenters. The number of hydrazone groups is 1. The van der Waals surface area contributed by atoms with E-state index in [9.17, 15) is 5.11 Å². The molecule has 1 aromatic rings. The average molecular weight is 234 g/mol. The Balaban J connectivity index is 2.10. The van der Waals surface area contributed by atoms with Crippen LogP contribution in [0.5, 0.6) is 5.75 Å². The molecule has 1 saturated heterocycles. The van der Waals surface area contributed by atoms with Gasteiger partial charge in [-0.05, 0) is 42.7 Å². The molecular weight excluding hydrogens is 216 g/mol. The van der Waals surface area contributed by atoms with E-state index < -0.39 is 0 Å². The molecule has 1 heterocycles. The molecule has 1 aliphatic heterocycles. The van der Waals surface area contributed by atoms with Gasteiger partial charge in [0, 0.05) is 0 Å². The fraction of sp³-hybridized carbons (Fsp3) is 0.462. The molecule has 2 rings (SSSR count). The SMILES string of the molecule is Cc1cc(C=NN2CCOCC2)cc(C)c1O. The third kappa shape index (κ3) is 2.97. The summed E-state index contributed by atoms with van der Waals surface area (Å²) in [5.41, 5.74) is 2.78. The van der Waals surface area contributed by atoms with Crippen molar-refractivity contribution < 1.29 is 9.84 Å². The highest BCUT2D eigenvalue weighted by Gasteiger charge is 2.07. The first-order chi connectivity index (χ1) is 8.16. The minimum Gasteiger partial charge on any atom is -0.507 e. The van der Waals surface area contributed by atoms with Gasteiger partial charge in [-0.1, -0.05) is 0 Å². The molecule has 0 aliphatic carbocycles. The smallest absolute Gasteiger partial charge is 0.121 e. The molecule has 1 N–H and O–H groups in total. The van der Waals surface area contributed by atoms with Gasteiger partial charge >= 0.3 is 0 Å². The van der Waals surface area contributed by atoms with E-state index in [1.807, 2.05) is 37.2 Å². The normalized spacial score (nSPS) is 16.7. The van der Waals surface area contributed by atoms with Gasteiger partial charge in [0.05, 0.1) is 32.5 Å². The van der Waals surface area contributed by atoms with Crippen LogP contribution in [0.3, 0.4) is 0 Å². The highest BCUT2D eigenvalue weighted by atomic mass is 16.5. The lowest BCUT2D eigenvalue weighted by Crippen LogP contribution is -2.32. The topological polar surface area (TPSA) is 45.1 Å². The lowest BCUT2D eigenvalue weighted by atomic mass is 10.1. The van der Waals surface area contributed by atoms with Crippen molar-refractivity contribution >= 4 is 6.21 Å². The molecule has 1 aromatic carbocycles. The third-order valence-corrected chi connectivity index (χ3v) is 2.87. The molecule has 0 aromatic heterocycles.